The molecule has 2 fully saturated rings. The molecule has 144 valence electrons. The van der Waals surface area contributed by atoms with Gasteiger partial charge in [-0.15, -0.1) is 0 Å². The van der Waals surface area contributed by atoms with Gasteiger partial charge in [0, 0.05) is 25.9 Å². The number of benzene rings is 1. The average molecular weight is 382 g/mol. The number of ether oxygens (including phenoxy) is 2. The van der Waals surface area contributed by atoms with Crippen molar-refractivity contribution in [1.82, 2.24) is 4.90 Å². The number of nitrogens with zero attached hydrogens (tertiary/aromatic N) is 2. The highest BCUT2D eigenvalue weighted by Gasteiger charge is 2.41. The molecular formula is C18H26N2O5S. The Morgan fingerprint density at radius 1 is 1.19 bits per heavy atom. The number of aryl methyl sites for hydroxylation is 2. The molecule has 0 saturated carbocycles. The van der Waals surface area contributed by atoms with Crippen molar-refractivity contribution in [3.05, 3.63) is 29.3 Å². The minimum Gasteiger partial charge on any atom is -0.347 e. The van der Waals surface area contributed by atoms with Gasteiger partial charge in [0.05, 0.1) is 25.2 Å². The first-order valence-corrected chi connectivity index (χ1v) is 10.7. The van der Waals surface area contributed by atoms with Gasteiger partial charge in [0.25, 0.3) is 0 Å². The van der Waals surface area contributed by atoms with Crippen molar-refractivity contribution in [3.63, 3.8) is 0 Å². The third-order valence-corrected chi connectivity index (χ3v) is 6.13. The molecule has 1 amide bonds. The quantitative estimate of drug-likeness (QED) is 0.788. The summed E-state index contributed by atoms with van der Waals surface area (Å²) in [5, 5.41) is 0. The van der Waals surface area contributed by atoms with Crippen LogP contribution in [0.1, 0.15) is 24.0 Å². The van der Waals surface area contributed by atoms with Crippen molar-refractivity contribution in [3.8, 4) is 0 Å². The lowest BCUT2D eigenvalue weighted by Crippen LogP contribution is -2.50. The number of carbonyl (C=O) groups is 1. The minimum atomic E-state index is -3.58. The fraction of sp³-hybridized carbons (Fsp3) is 0.611. The third-order valence-electron chi connectivity index (χ3n) is 5.00. The highest BCUT2D eigenvalue weighted by Crippen LogP contribution is 2.31. The van der Waals surface area contributed by atoms with Crippen molar-refractivity contribution in [2.24, 2.45) is 0 Å². The molecule has 2 aliphatic heterocycles. The number of anilines is 1. The lowest BCUT2D eigenvalue weighted by molar-refractivity contribution is -0.187. The molecule has 0 aromatic heterocycles. The maximum Gasteiger partial charge on any atom is 0.243 e. The SMILES string of the molecule is Cc1ccc(C)c(N(CC(=O)N2CCC3(CC2)OCCO3)S(C)(=O)=O)c1. The van der Waals surface area contributed by atoms with Gasteiger partial charge in [-0.25, -0.2) is 8.42 Å². The molecule has 7 nitrogen and oxygen atoms in total. The molecule has 1 aromatic carbocycles. The molecular weight excluding hydrogens is 356 g/mol. The number of amides is 1. The standard InChI is InChI=1S/C18H26N2O5S/c1-14-4-5-15(2)16(12-14)20(26(3,22)23)13-17(21)19-8-6-18(7-9-19)24-10-11-25-18/h4-5,12H,6-11,13H2,1-3H3. The summed E-state index contributed by atoms with van der Waals surface area (Å²) in [6.07, 6.45) is 2.36. The number of likely N-dealkylation sites (tertiary alicyclic amines) is 1. The Bertz CT molecular complexity index is 777. The highest BCUT2D eigenvalue weighted by molar-refractivity contribution is 7.92. The van der Waals surface area contributed by atoms with Crippen LogP contribution in [0.2, 0.25) is 0 Å². The topological polar surface area (TPSA) is 76.2 Å². The molecule has 0 aliphatic carbocycles. The van der Waals surface area contributed by atoms with Crippen LogP contribution in [0.25, 0.3) is 0 Å². The Balaban J connectivity index is 1.73. The fourth-order valence-corrected chi connectivity index (χ4v) is 4.37. The van der Waals surface area contributed by atoms with Gasteiger partial charge in [0.2, 0.25) is 15.9 Å². The van der Waals surface area contributed by atoms with E-state index in [1.54, 1.807) is 11.0 Å². The van der Waals surface area contributed by atoms with Crippen LogP contribution in [0.4, 0.5) is 5.69 Å². The summed E-state index contributed by atoms with van der Waals surface area (Å²) in [4.78, 5) is 14.5. The molecule has 1 spiro atoms. The summed E-state index contributed by atoms with van der Waals surface area (Å²) in [6, 6.07) is 5.59. The predicted molar refractivity (Wildman–Crippen MR) is 98.6 cm³/mol. The van der Waals surface area contributed by atoms with Crippen LogP contribution < -0.4 is 4.31 Å². The van der Waals surface area contributed by atoms with E-state index in [9.17, 15) is 13.2 Å². The second-order valence-corrected chi connectivity index (χ2v) is 8.95. The molecule has 26 heavy (non-hydrogen) atoms. The molecule has 0 bridgehead atoms. The van der Waals surface area contributed by atoms with Gasteiger partial charge in [-0.2, -0.15) is 0 Å². The first-order chi connectivity index (χ1) is 12.2. The van der Waals surface area contributed by atoms with Crippen LogP contribution in [-0.4, -0.2) is 64.1 Å². The van der Waals surface area contributed by atoms with E-state index in [2.05, 4.69) is 0 Å². The molecule has 0 N–H and O–H groups in total. The molecule has 3 rings (SSSR count). The van der Waals surface area contributed by atoms with Crippen LogP contribution in [0.3, 0.4) is 0 Å². The zero-order valence-corrected chi connectivity index (χ0v) is 16.3. The van der Waals surface area contributed by atoms with E-state index in [1.165, 1.54) is 4.31 Å². The molecule has 2 heterocycles. The Hall–Kier alpha value is -1.64. The predicted octanol–water partition coefficient (Wildman–Crippen LogP) is 1.43. The second kappa shape index (κ2) is 7.17. The smallest absolute Gasteiger partial charge is 0.243 e. The van der Waals surface area contributed by atoms with E-state index < -0.39 is 15.8 Å². The van der Waals surface area contributed by atoms with Crippen LogP contribution >= 0.6 is 0 Å². The normalized spacial score (nSPS) is 19.7. The van der Waals surface area contributed by atoms with E-state index in [1.807, 2.05) is 26.0 Å². The van der Waals surface area contributed by atoms with E-state index in [0.717, 1.165) is 17.4 Å². The lowest BCUT2D eigenvalue weighted by Gasteiger charge is -2.38. The summed E-state index contributed by atoms with van der Waals surface area (Å²) in [5.74, 6) is -0.760. The molecule has 8 heteroatoms. The summed E-state index contributed by atoms with van der Waals surface area (Å²) in [6.45, 7) is 5.73. The number of carbonyl (C=O) groups excluding carboxylic acids is 1. The van der Waals surface area contributed by atoms with Gasteiger partial charge < -0.3 is 14.4 Å². The number of hydrogen-bond acceptors (Lipinski definition) is 5. The summed E-state index contributed by atoms with van der Waals surface area (Å²) in [5.41, 5.74) is 2.32. The Morgan fingerprint density at radius 3 is 2.38 bits per heavy atom. The zero-order valence-electron chi connectivity index (χ0n) is 15.5. The average Bonchev–Trinajstić information content (AvgIpc) is 3.02. The van der Waals surface area contributed by atoms with Crippen molar-refractivity contribution < 1.29 is 22.7 Å². The first-order valence-electron chi connectivity index (χ1n) is 8.81. The largest absolute Gasteiger partial charge is 0.347 e. The molecule has 2 aliphatic rings. The maximum absolute atomic E-state index is 12.8. The Morgan fingerprint density at radius 2 is 1.81 bits per heavy atom. The molecule has 2 saturated heterocycles. The third kappa shape index (κ3) is 4.02. The van der Waals surface area contributed by atoms with Gasteiger partial charge in [-0.1, -0.05) is 12.1 Å². The number of sulfonamides is 1. The Labute approximate surface area is 154 Å². The van der Waals surface area contributed by atoms with Crippen molar-refractivity contribution in [2.45, 2.75) is 32.5 Å². The van der Waals surface area contributed by atoms with Gasteiger partial charge >= 0.3 is 0 Å². The van der Waals surface area contributed by atoms with Crippen molar-refractivity contribution >= 4 is 21.6 Å². The highest BCUT2D eigenvalue weighted by atomic mass is 32.2. The van der Waals surface area contributed by atoms with E-state index in [0.29, 0.717) is 44.8 Å². The van der Waals surface area contributed by atoms with E-state index in [-0.39, 0.29) is 12.5 Å². The van der Waals surface area contributed by atoms with Crippen LogP contribution in [0.5, 0.6) is 0 Å². The van der Waals surface area contributed by atoms with Gasteiger partial charge in [0.1, 0.15) is 6.54 Å². The monoisotopic (exact) mass is 382 g/mol. The van der Waals surface area contributed by atoms with Crippen molar-refractivity contribution in [1.29, 1.82) is 0 Å². The summed E-state index contributed by atoms with van der Waals surface area (Å²) >= 11 is 0. The molecule has 0 unspecified atom stereocenters. The van der Waals surface area contributed by atoms with E-state index >= 15 is 0 Å². The summed E-state index contributed by atoms with van der Waals surface area (Å²) < 4.78 is 37.2. The first kappa shape index (κ1) is 19.1. The van der Waals surface area contributed by atoms with Gasteiger partial charge in [0.15, 0.2) is 5.79 Å². The van der Waals surface area contributed by atoms with Crippen molar-refractivity contribution in [2.75, 3.05) is 43.4 Å². The number of rotatable bonds is 4. The fourth-order valence-electron chi connectivity index (χ4n) is 3.47. The number of hydrogen-bond donors (Lipinski definition) is 0. The second-order valence-electron chi connectivity index (χ2n) is 7.05. The van der Waals surface area contributed by atoms with E-state index in [4.69, 9.17) is 9.47 Å². The Kier molecular flexibility index (Phi) is 5.28. The molecule has 1 aromatic rings. The van der Waals surface area contributed by atoms with Gasteiger partial charge in [-0.3, -0.25) is 9.10 Å². The minimum absolute atomic E-state index is 0.197. The summed E-state index contributed by atoms with van der Waals surface area (Å²) in [7, 11) is -3.58. The van der Waals surface area contributed by atoms with Crippen LogP contribution in [0, 0.1) is 13.8 Å². The molecule has 0 radical (unpaired) electrons. The molecule has 0 atom stereocenters. The number of piperidine rings is 1. The van der Waals surface area contributed by atoms with Gasteiger partial charge in [-0.05, 0) is 31.0 Å². The van der Waals surface area contributed by atoms with Crippen LogP contribution in [-0.2, 0) is 24.3 Å². The lowest BCUT2D eigenvalue weighted by atomic mass is 10.0. The van der Waals surface area contributed by atoms with Crippen LogP contribution in [0.15, 0.2) is 18.2 Å². The zero-order chi connectivity index (χ0) is 18.9. The maximum atomic E-state index is 12.8.